The number of benzene rings is 1. The molecule has 0 atom stereocenters. The third-order valence-corrected chi connectivity index (χ3v) is 3.26. The molecule has 0 aliphatic carbocycles. The van der Waals surface area contributed by atoms with Crippen LogP contribution in [0.25, 0.3) is 0 Å². The highest BCUT2D eigenvalue weighted by atomic mass is 19.1. The molecule has 0 fully saturated rings. The second kappa shape index (κ2) is 7.31. The molecule has 0 spiro atoms. The van der Waals surface area contributed by atoms with Gasteiger partial charge in [-0.25, -0.2) is 4.39 Å². The third-order valence-electron chi connectivity index (χ3n) is 3.26. The van der Waals surface area contributed by atoms with Gasteiger partial charge in [0, 0.05) is 6.54 Å². The quantitative estimate of drug-likeness (QED) is 0.572. The van der Waals surface area contributed by atoms with Crippen molar-refractivity contribution in [3.05, 3.63) is 35.6 Å². The minimum Gasteiger partial charge on any atom is -0.465 e. The highest BCUT2D eigenvalue weighted by Crippen LogP contribution is 2.19. The van der Waals surface area contributed by atoms with Crippen LogP contribution in [0, 0.1) is 11.2 Å². The molecule has 0 aromatic heterocycles. The molecule has 1 aromatic carbocycles. The molecule has 0 amide bonds. The summed E-state index contributed by atoms with van der Waals surface area (Å²) in [7, 11) is 1.78. The van der Waals surface area contributed by atoms with Crippen LogP contribution in [0.1, 0.15) is 26.3 Å². The molecule has 0 aliphatic heterocycles. The second-order valence-electron chi connectivity index (χ2n) is 5.57. The zero-order valence-corrected chi connectivity index (χ0v) is 13.0. The molecule has 0 radical (unpaired) electrons. The summed E-state index contributed by atoms with van der Waals surface area (Å²) in [4.78, 5) is 25.8. The fourth-order valence-electron chi connectivity index (χ4n) is 1.83. The Hall–Kier alpha value is -1.75. The van der Waals surface area contributed by atoms with E-state index in [0.717, 1.165) is 5.56 Å². The maximum Gasteiger partial charge on any atom is 0.319 e. The first-order valence-electron chi connectivity index (χ1n) is 6.91. The van der Waals surface area contributed by atoms with Gasteiger partial charge in [-0.3, -0.25) is 14.5 Å². The Morgan fingerprint density at radius 1 is 1.24 bits per heavy atom. The first-order chi connectivity index (χ1) is 9.77. The van der Waals surface area contributed by atoms with E-state index in [1.165, 1.54) is 12.1 Å². The number of ketones is 1. The van der Waals surface area contributed by atoms with Crippen LogP contribution in [-0.4, -0.2) is 36.9 Å². The van der Waals surface area contributed by atoms with E-state index < -0.39 is 11.4 Å². The molecule has 0 saturated heterocycles. The van der Waals surface area contributed by atoms with Crippen molar-refractivity contribution in [2.24, 2.45) is 5.41 Å². The molecule has 1 aromatic rings. The van der Waals surface area contributed by atoms with E-state index in [4.69, 9.17) is 4.74 Å². The van der Waals surface area contributed by atoms with Crippen molar-refractivity contribution in [3.8, 4) is 0 Å². The summed E-state index contributed by atoms with van der Waals surface area (Å²) < 4.78 is 17.8. The summed E-state index contributed by atoms with van der Waals surface area (Å²) in [5.74, 6) is -1.00. The third kappa shape index (κ3) is 4.93. The number of carbonyl (C=O) groups excluding carboxylic acids is 2. The number of Topliss-reactive ketones (excluding diaryl/α,β-unsaturated/α-hetero) is 1. The fraction of sp³-hybridized carbons (Fsp3) is 0.500. The summed E-state index contributed by atoms with van der Waals surface area (Å²) in [6.07, 6.45) is 0. The monoisotopic (exact) mass is 295 g/mol. The van der Waals surface area contributed by atoms with Gasteiger partial charge in [0.1, 0.15) is 11.2 Å². The minimum atomic E-state index is -1.16. The van der Waals surface area contributed by atoms with E-state index in [-0.39, 0.29) is 24.8 Å². The Labute approximate surface area is 124 Å². The van der Waals surface area contributed by atoms with Crippen molar-refractivity contribution < 1.29 is 18.7 Å². The molecular formula is C16H22FNO3. The zero-order valence-electron chi connectivity index (χ0n) is 13.0. The molecule has 0 unspecified atom stereocenters. The van der Waals surface area contributed by atoms with Gasteiger partial charge in [0.15, 0.2) is 5.78 Å². The highest BCUT2D eigenvalue weighted by Gasteiger charge is 2.37. The summed E-state index contributed by atoms with van der Waals surface area (Å²) in [6.45, 7) is 5.73. The lowest BCUT2D eigenvalue weighted by atomic mass is 9.88. The first kappa shape index (κ1) is 17.3. The number of halogens is 1. The van der Waals surface area contributed by atoms with Crippen molar-refractivity contribution in [2.45, 2.75) is 27.3 Å². The summed E-state index contributed by atoms with van der Waals surface area (Å²) >= 11 is 0. The van der Waals surface area contributed by atoms with Gasteiger partial charge in [-0.2, -0.15) is 0 Å². The molecule has 0 saturated carbocycles. The van der Waals surface area contributed by atoms with E-state index in [1.807, 2.05) is 0 Å². The Bertz CT molecular complexity index is 497. The van der Waals surface area contributed by atoms with Crippen molar-refractivity contribution in [2.75, 3.05) is 20.2 Å². The van der Waals surface area contributed by atoms with Gasteiger partial charge in [-0.1, -0.05) is 12.1 Å². The lowest BCUT2D eigenvalue weighted by Gasteiger charge is -2.24. The Morgan fingerprint density at radius 2 is 1.81 bits per heavy atom. The summed E-state index contributed by atoms with van der Waals surface area (Å²) in [5.41, 5.74) is -0.256. The van der Waals surface area contributed by atoms with Crippen molar-refractivity contribution in [1.82, 2.24) is 4.90 Å². The first-order valence-corrected chi connectivity index (χ1v) is 6.91. The van der Waals surface area contributed by atoms with Crippen LogP contribution in [0.15, 0.2) is 24.3 Å². The molecule has 5 heteroatoms. The van der Waals surface area contributed by atoms with Crippen LogP contribution in [0.4, 0.5) is 4.39 Å². The van der Waals surface area contributed by atoms with Crippen LogP contribution in [0.3, 0.4) is 0 Å². The van der Waals surface area contributed by atoms with E-state index in [1.54, 1.807) is 44.9 Å². The lowest BCUT2D eigenvalue weighted by Crippen LogP contribution is -2.41. The molecular weight excluding hydrogens is 273 g/mol. The number of hydrogen-bond donors (Lipinski definition) is 0. The largest absolute Gasteiger partial charge is 0.465 e. The number of rotatable bonds is 7. The molecule has 0 heterocycles. The van der Waals surface area contributed by atoms with Gasteiger partial charge in [0.2, 0.25) is 0 Å². The number of likely N-dealkylation sites (N-methyl/N-ethyl adjacent to an activating group) is 1. The van der Waals surface area contributed by atoms with Crippen LogP contribution in [-0.2, 0) is 20.9 Å². The van der Waals surface area contributed by atoms with E-state index in [0.29, 0.717) is 6.54 Å². The molecule has 21 heavy (non-hydrogen) atoms. The zero-order chi connectivity index (χ0) is 16.0. The molecule has 1 rings (SSSR count). The number of carbonyl (C=O) groups is 2. The normalized spacial score (nSPS) is 11.5. The van der Waals surface area contributed by atoms with Gasteiger partial charge in [-0.15, -0.1) is 0 Å². The van der Waals surface area contributed by atoms with Crippen LogP contribution < -0.4 is 0 Å². The molecule has 4 nitrogen and oxygen atoms in total. The molecule has 0 N–H and O–H groups in total. The van der Waals surface area contributed by atoms with Crippen LogP contribution >= 0.6 is 0 Å². The van der Waals surface area contributed by atoms with Crippen LogP contribution in [0.5, 0.6) is 0 Å². The smallest absolute Gasteiger partial charge is 0.319 e. The predicted molar refractivity (Wildman–Crippen MR) is 78.2 cm³/mol. The topological polar surface area (TPSA) is 46.6 Å². The highest BCUT2D eigenvalue weighted by molar-refractivity contribution is 6.03. The van der Waals surface area contributed by atoms with E-state index in [9.17, 15) is 14.0 Å². The van der Waals surface area contributed by atoms with Crippen molar-refractivity contribution in [3.63, 3.8) is 0 Å². The number of ether oxygens (including phenoxy) is 1. The average molecular weight is 295 g/mol. The average Bonchev–Trinajstić information content (AvgIpc) is 2.41. The molecule has 0 aliphatic rings. The lowest BCUT2D eigenvalue weighted by molar-refractivity contribution is -0.158. The number of esters is 1. The minimum absolute atomic E-state index is 0.128. The number of nitrogens with zero attached hydrogens (tertiary/aromatic N) is 1. The van der Waals surface area contributed by atoms with Gasteiger partial charge in [-0.05, 0) is 45.5 Å². The van der Waals surface area contributed by atoms with Gasteiger partial charge >= 0.3 is 5.97 Å². The second-order valence-corrected chi connectivity index (χ2v) is 5.57. The van der Waals surface area contributed by atoms with E-state index >= 15 is 0 Å². The predicted octanol–water partition coefficient (Wildman–Crippen LogP) is 2.42. The van der Waals surface area contributed by atoms with Crippen LogP contribution in [0.2, 0.25) is 0 Å². The Balaban J connectivity index is 2.61. The number of hydrogen-bond acceptors (Lipinski definition) is 4. The van der Waals surface area contributed by atoms with Gasteiger partial charge in [0.05, 0.1) is 13.2 Å². The summed E-state index contributed by atoms with van der Waals surface area (Å²) in [5, 5.41) is 0. The Morgan fingerprint density at radius 3 is 2.33 bits per heavy atom. The molecule has 0 bridgehead atoms. The van der Waals surface area contributed by atoms with E-state index in [2.05, 4.69) is 0 Å². The fourth-order valence-corrected chi connectivity index (χ4v) is 1.83. The van der Waals surface area contributed by atoms with Gasteiger partial charge < -0.3 is 4.74 Å². The maximum atomic E-state index is 12.8. The molecule has 116 valence electrons. The maximum absolute atomic E-state index is 12.8. The van der Waals surface area contributed by atoms with Crippen molar-refractivity contribution >= 4 is 11.8 Å². The SMILES string of the molecule is CCOC(=O)C(C)(C)C(=O)CN(C)Cc1ccc(F)cc1. The summed E-state index contributed by atoms with van der Waals surface area (Å²) in [6, 6.07) is 6.11. The van der Waals surface area contributed by atoms with Crippen molar-refractivity contribution in [1.29, 1.82) is 0 Å². The standard InChI is InChI=1S/C16H22FNO3/c1-5-21-15(20)16(2,3)14(19)11-18(4)10-12-6-8-13(17)9-7-12/h6-9H,5,10-11H2,1-4H3. The Kier molecular flexibility index (Phi) is 6.03. The van der Waals surface area contributed by atoms with Gasteiger partial charge in [0.25, 0.3) is 0 Å².